The number of urea groups is 1. The van der Waals surface area contributed by atoms with E-state index in [1.165, 1.54) is 16.4 Å². The van der Waals surface area contributed by atoms with Crippen LogP contribution in [-0.4, -0.2) is 39.1 Å². The summed E-state index contributed by atoms with van der Waals surface area (Å²) in [5.74, 6) is -0.976. The van der Waals surface area contributed by atoms with Gasteiger partial charge in [-0.3, -0.25) is 19.7 Å². The Balaban J connectivity index is 1.40. The Morgan fingerprint density at radius 1 is 1.34 bits per heavy atom. The highest BCUT2D eigenvalue weighted by atomic mass is 32.1. The molecule has 0 saturated carbocycles. The molecule has 1 unspecified atom stereocenters. The zero-order chi connectivity index (χ0) is 20.5. The average molecular weight is 413 g/mol. The van der Waals surface area contributed by atoms with Crippen LogP contribution in [0.2, 0.25) is 0 Å². The molecule has 0 radical (unpaired) electrons. The highest BCUT2D eigenvalue weighted by Crippen LogP contribution is 2.28. The van der Waals surface area contributed by atoms with Crippen molar-refractivity contribution < 1.29 is 19.2 Å². The lowest BCUT2D eigenvalue weighted by Crippen LogP contribution is -2.52. The van der Waals surface area contributed by atoms with Gasteiger partial charge in [-0.2, -0.15) is 4.37 Å². The summed E-state index contributed by atoms with van der Waals surface area (Å²) >= 11 is 1.27. The minimum Gasteiger partial charge on any atom is -0.334 e. The number of aromatic nitrogens is 1. The van der Waals surface area contributed by atoms with Crippen molar-refractivity contribution in [3.8, 4) is 0 Å². The van der Waals surface area contributed by atoms with Gasteiger partial charge in [0.15, 0.2) is 0 Å². The van der Waals surface area contributed by atoms with E-state index in [1.807, 2.05) is 19.1 Å². The number of carbonyl (C=O) groups excluding carboxylic acids is 4. The second-order valence-electron chi connectivity index (χ2n) is 7.01. The number of piperidine rings is 1. The fraction of sp³-hybridized carbons (Fsp3) is 0.316. The first-order chi connectivity index (χ1) is 13.9. The maximum Gasteiger partial charge on any atom is 0.319 e. The molecule has 2 aromatic rings. The van der Waals surface area contributed by atoms with Gasteiger partial charge in [0, 0.05) is 30.5 Å². The monoisotopic (exact) mass is 413 g/mol. The fourth-order valence-corrected chi connectivity index (χ4v) is 4.12. The number of amides is 5. The van der Waals surface area contributed by atoms with Crippen molar-refractivity contribution in [3.63, 3.8) is 0 Å². The highest BCUT2D eigenvalue weighted by Gasteiger charge is 2.39. The predicted octanol–water partition coefficient (Wildman–Crippen LogP) is 1.53. The van der Waals surface area contributed by atoms with E-state index in [0.717, 1.165) is 16.8 Å². The minimum atomic E-state index is -0.637. The third kappa shape index (κ3) is 3.83. The second kappa shape index (κ2) is 7.63. The van der Waals surface area contributed by atoms with Gasteiger partial charge in [0.1, 0.15) is 6.04 Å². The first-order valence-electron chi connectivity index (χ1n) is 9.14. The molecule has 1 saturated heterocycles. The molecule has 1 aromatic heterocycles. The molecule has 3 N–H and O–H groups in total. The van der Waals surface area contributed by atoms with Crippen molar-refractivity contribution in [2.75, 3.05) is 5.32 Å². The van der Waals surface area contributed by atoms with Gasteiger partial charge in [0.05, 0.1) is 11.4 Å². The Morgan fingerprint density at radius 2 is 2.17 bits per heavy atom. The molecule has 1 atom stereocenters. The van der Waals surface area contributed by atoms with Crippen LogP contribution >= 0.6 is 11.5 Å². The van der Waals surface area contributed by atoms with E-state index in [1.54, 1.807) is 11.4 Å². The standard InChI is InChI=1S/C19H19N5O4S/c1-10-14(9-29-23-10)21-19(28)20-7-11-2-3-12-8-24(18(27)13(12)6-11)15-4-5-16(25)22-17(15)26/h2-3,6,9,15H,4-5,7-8H2,1H3,(H2,20,21,28)(H,22,25,26). The predicted molar refractivity (Wildman–Crippen MR) is 105 cm³/mol. The van der Waals surface area contributed by atoms with Crippen LogP contribution in [0, 0.1) is 6.92 Å². The summed E-state index contributed by atoms with van der Waals surface area (Å²) in [5.41, 5.74) is 3.54. The number of aryl methyl sites for hydroxylation is 1. The summed E-state index contributed by atoms with van der Waals surface area (Å²) < 4.78 is 4.10. The zero-order valence-electron chi connectivity index (χ0n) is 15.7. The first-order valence-corrected chi connectivity index (χ1v) is 9.98. The van der Waals surface area contributed by atoms with Gasteiger partial charge in [-0.05, 0) is 42.1 Å². The summed E-state index contributed by atoms with van der Waals surface area (Å²) in [7, 11) is 0. The number of hydrogen-bond acceptors (Lipinski definition) is 6. The lowest BCUT2D eigenvalue weighted by molar-refractivity contribution is -0.136. The Kier molecular flexibility index (Phi) is 5.01. The molecule has 2 aliphatic heterocycles. The fourth-order valence-electron chi connectivity index (χ4n) is 3.47. The highest BCUT2D eigenvalue weighted by molar-refractivity contribution is 7.04. The molecule has 1 aromatic carbocycles. The van der Waals surface area contributed by atoms with Gasteiger partial charge < -0.3 is 15.5 Å². The van der Waals surface area contributed by atoms with E-state index in [4.69, 9.17) is 0 Å². The van der Waals surface area contributed by atoms with E-state index < -0.39 is 11.9 Å². The van der Waals surface area contributed by atoms with Crippen LogP contribution < -0.4 is 16.0 Å². The molecule has 29 heavy (non-hydrogen) atoms. The van der Waals surface area contributed by atoms with Crippen LogP contribution in [0.1, 0.15) is 40.0 Å². The molecule has 150 valence electrons. The van der Waals surface area contributed by atoms with Crippen molar-refractivity contribution >= 4 is 41.0 Å². The maximum atomic E-state index is 12.8. The number of fused-ring (bicyclic) bond motifs is 1. The molecular formula is C19H19N5O4S. The van der Waals surface area contributed by atoms with Crippen LogP contribution in [-0.2, 0) is 22.7 Å². The number of hydrogen-bond donors (Lipinski definition) is 3. The minimum absolute atomic E-state index is 0.222. The van der Waals surface area contributed by atoms with Crippen LogP contribution in [0.3, 0.4) is 0 Å². The Morgan fingerprint density at radius 3 is 2.90 bits per heavy atom. The third-order valence-electron chi connectivity index (χ3n) is 5.04. The topological polar surface area (TPSA) is 120 Å². The third-order valence-corrected chi connectivity index (χ3v) is 5.76. The van der Waals surface area contributed by atoms with Gasteiger partial charge in [-0.25, -0.2) is 4.79 Å². The summed E-state index contributed by atoms with van der Waals surface area (Å²) in [4.78, 5) is 49.8. The van der Waals surface area contributed by atoms with Crippen molar-refractivity contribution in [2.24, 2.45) is 0 Å². The first kappa shape index (κ1) is 19.1. The number of nitrogens with zero attached hydrogens (tertiary/aromatic N) is 2. The second-order valence-corrected chi connectivity index (χ2v) is 7.64. The van der Waals surface area contributed by atoms with E-state index in [2.05, 4.69) is 20.3 Å². The maximum absolute atomic E-state index is 12.8. The van der Waals surface area contributed by atoms with Gasteiger partial charge in [-0.1, -0.05) is 12.1 Å². The summed E-state index contributed by atoms with van der Waals surface area (Å²) in [6.07, 6.45) is 0.551. The number of nitrogens with one attached hydrogen (secondary N) is 3. The summed E-state index contributed by atoms with van der Waals surface area (Å²) in [6, 6.07) is 4.42. The zero-order valence-corrected chi connectivity index (χ0v) is 16.5. The van der Waals surface area contributed by atoms with E-state index in [9.17, 15) is 19.2 Å². The van der Waals surface area contributed by atoms with Gasteiger partial charge in [-0.15, -0.1) is 0 Å². The lowest BCUT2D eigenvalue weighted by Gasteiger charge is -2.29. The molecule has 1 fully saturated rings. The molecule has 2 aliphatic rings. The Hall–Kier alpha value is -3.27. The van der Waals surface area contributed by atoms with Gasteiger partial charge >= 0.3 is 6.03 Å². The lowest BCUT2D eigenvalue weighted by atomic mass is 10.0. The van der Waals surface area contributed by atoms with Crippen LogP contribution in [0.5, 0.6) is 0 Å². The van der Waals surface area contributed by atoms with Gasteiger partial charge in [0.25, 0.3) is 5.91 Å². The molecule has 4 rings (SSSR count). The largest absolute Gasteiger partial charge is 0.334 e. The van der Waals surface area contributed by atoms with E-state index >= 15 is 0 Å². The number of imide groups is 1. The van der Waals surface area contributed by atoms with Crippen molar-refractivity contribution in [2.45, 2.75) is 38.9 Å². The van der Waals surface area contributed by atoms with Crippen LogP contribution in [0.15, 0.2) is 23.6 Å². The molecule has 0 bridgehead atoms. The average Bonchev–Trinajstić information content (AvgIpc) is 3.23. The van der Waals surface area contributed by atoms with E-state index in [-0.39, 0.29) is 30.8 Å². The molecule has 10 heteroatoms. The Bertz CT molecular complexity index is 1020. The molecule has 5 amide bonds. The number of benzene rings is 1. The Labute approximate surface area is 170 Å². The van der Waals surface area contributed by atoms with Crippen molar-refractivity contribution in [1.82, 2.24) is 19.9 Å². The molecule has 0 spiro atoms. The normalized spacial score (nSPS) is 18.4. The smallest absolute Gasteiger partial charge is 0.319 e. The molecular weight excluding hydrogens is 394 g/mol. The van der Waals surface area contributed by atoms with Crippen LogP contribution in [0.4, 0.5) is 10.5 Å². The van der Waals surface area contributed by atoms with Crippen molar-refractivity contribution in [3.05, 3.63) is 46.0 Å². The van der Waals surface area contributed by atoms with Gasteiger partial charge in [0.2, 0.25) is 11.8 Å². The molecule has 3 heterocycles. The SMILES string of the molecule is Cc1nscc1NC(=O)NCc1ccc2c(c1)C(=O)N(C1CCC(=O)NC1=O)C2. The molecule has 9 nitrogen and oxygen atoms in total. The number of anilines is 1. The summed E-state index contributed by atoms with van der Waals surface area (Å²) in [6.45, 7) is 2.40. The number of carbonyl (C=O) groups is 4. The van der Waals surface area contributed by atoms with Crippen molar-refractivity contribution in [1.29, 1.82) is 0 Å². The molecule has 0 aliphatic carbocycles. The summed E-state index contributed by atoms with van der Waals surface area (Å²) in [5, 5.41) is 9.53. The van der Waals surface area contributed by atoms with E-state index in [0.29, 0.717) is 24.2 Å². The van der Waals surface area contributed by atoms with Crippen LogP contribution in [0.25, 0.3) is 0 Å². The quantitative estimate of drug-likeness (QED) is 0.657. The number of rotatable bonds is 4.